The fourth-order valence-corrected chi connectivity index (χ4v) is 2.50. The summed E-state index contributed by atoms with van der Waals surface area (Å²) in [4.78, 5) is 6.38. The largest absolute Gasteiger partial charge is 0.392 e. The highest BCUT2D eigenvalue weighted by molar-refractivity contribution is 9.10. The van der Waals surface area contributed by atoms with Gasteiger partial charge in [-0.1, -0.05) is 6.92 Å². The molecule has 17 heavy (non-hydrogen) atoms. The molecule has 2 heterocycles. The molecule has 5 heteroatoms. The number of piperidine rings is 1. The van der Waals surface area contributed by atoms with E-state index in [1.165, 1.54) is 0 Å². The monoisotopic (exact) mass is 300 g/mol. The molecule has 1 aromatic heterocycles. The van der Waals surface area contributed by atoms with Gasteiger partial charge in [-0.05, 0) is 34.3 Å². The van der Waals surface area contributed by atoms with Gasteiger partial charge >= 0.3 is 0 Å². The van der Waals surface area contributed by atoms with E-state index in [4.69, 9.17) is 0 Å². The van der Waals surface area contributed by atoms with Gasteiger partial charge in [-0.3, -0.25) is 0 Å². The predicted octanol–water partition coefficient (Wildman–Crippen LogP) is 1.54. The second-order valence-electron chi connectivity index (χ2n) is 4.57. The highest BCUT2D eigenvalue weighted by Gasteiger charge is 2.26. The first-order valence-corrected chi connectivity index (χ1v) is 6.59. The number of β-amino-alcohol motifs (C(OH)–C–C–N with tert-alkyl or cyclic N) is 1. The number of aliphatic hydroxyl groups excluding tert-OH is 2. The van der Waals surface area contributed by atoms with Gasteiger partial charge in [-0.2, -0.15) is 0 Å². The fraction of sp³-hybridized carbons (Fsp3) is 0.583. The van der Waals surface area contributed by atoms with Gasteiger partial charge in [0.2, 0.25) is 0 Å². The van der Waals surface area contributed by atoms with Crippen molar-refractivity contribution in [3.05, 3.63) is 22.3 Å². The summed E-state index contributed by atoms with van der Waals surface area (Å²) >= 11 is 3.34. The molecule has 1 aliphatic rings. The van der Waals surface area contributed by atoms with Crippen molar-refractivity contribution < 1.29 is 10.2 Å². The van der Waals surface area contributed by atoms with E-state index in [0.717, 1.165) is 28.8 Å². The molecule has 94 valence electrons. The summed E-state index contributed by atoms with van der Waals surface area (Å²) in [7, 11) is 0. The number of aliphatic hydroxyl groups is 2. The maximum Gasteiger partial charge on any atom is 0.134 e. The molecule has 0 bridgehead atoms. The van der Waals surface area contributed by atoms with Crippen molar-refractivity contribution in [2.45, 2.75) is 26.1 Å². The van der Waals surface area contributed by atoms with Crippen LogP contribution in [0.1, 0.15) is 18.9 Å². The van der Waals surface area contributed by atoms with Gasteiger partial charge in [0.25, 0.3) is 0 Å². The van der Waals surface area contributed by atoms with Crippen LogP contribution in [0.5, 0.6) is 0 Å². The van der Waals surface area contributed by atoms with Gasteiger partial charge in [0.05, 0.1) is 12.7 Å². The quantitative estimate of drug-likeness (QED) is 0.870. The molecule has 0 amide bonds. The Balaban J connectivity index is 2.22. The van der Waals surface area contributed by atoms with Crippen LogP contribution in [0.25, 0.3) is 0 Å². The number of nitrogens with zero attached hydrogens (tertiary/aromatic N) is 2. The Hall–Kier alpha value is -0.650. The predicted molar refractivity (Wildman–Crippen MR) is 69.9 cm³/mol. The van der Waals surface area contributed by atoms with Gasteiger partial charge in [-0.15, -0.1) is 0 Å². The molecule has 0 aliphatic carbocycles. The zero-order valence-corrected chi connectivity index (χ0v) is 11.4. The van der Waals surface area contributed by atoms with E-state index in [-0.39, 0.29) is 12.7 Å². The van der Waals surface area contributed by atoms with Crippen molar-refractivity contribution in [2.24, 2.45) is 5.92 Å². The Morgan fingerprint density at radius 3 is 3.00 bits per heavy atom. The summed E-state index contributed by atoms with van der Waals surface area (Å²) in [5.74, 6) is 1.11. The van der Waals surface area contributed by atoms with Crippen LogP contribution in [0.3, 0.4) is 0 Å². The minimum atomic E-state index is -0.319. The first-order chi connectivity index (χ1) is 8.11. The van der Waals surface area contributed by atoms with Crippen molar-refractivity contribution in [2.75, 3.05) is 18.0 Å². The summed E-state index contributed by atoms with van der Waals surface area (Å²) in [5, 5.41) is 19.2. The average molecular weight is 301 g/mol. The maximum atomic E-state index is 9.89. The SMILES string of the molecule is CC1CCN(c2ncc(Br)cc2CO)CC1O. The lowest BCUT2D eigenvalue weighted by Crippen LogP contribution is -2.43. The molecule has 2 N–H and O–H groups in total. The summed E-state index contributed by atoms with van der Waals surface area (Å²) in [6.45, 7) is 3.48. The molecule has 1 aliphatic heterocycles. The highest BCUT2D eigenvalue weighted by atomic mass is 79.9. The second kappa shape index (κ2) is 5.33. The Labute approximate surface area is 109 Å². The lowest BCUT2D eigenvalue weighted by molar-refractivity contribution is 0.102. The van der Waals surface area contributed by atoms with E-state index in [2.05, 4.69) is 27.8 Å². The molecule has 2 rings (SSSR count). The normalized spacial score (nSPS) is 25.1. The molecule has 2 unspecified atom stereocenters. The third kappa shape index (κ3) is 2.78. The zero-order chi connectivity index (χ0) is 12.4. The van der Waals surface area contributed by atoms with E-state index in [0.29, 0.717) is 12.5 Å². The van der Waals surface area contributed by atoms with Crippen LogP contribution >= 0.6 is 15.9 Å². The van der Waals surface area contributed by atoms with Crippen LogP contribution < -0.4 is 4.90 Å². The van der Waals surface area contributed by atoms with Crippen LogP contribution in [0.4, 0.5) is 5.82 Å². The Kier molecular flexibility index (Phi) is 4.01. The van der Waals surface area contributed by atoms with E-state index in [9.17, 15) is 10.2 Å². The van der Waals surface area contributed by atoms with Crippen LogP contribution in [-0.4, -0.2) is 34.4 Å². The molecule has 1 saturated heterocycles. The summed E-state index contributed by atoms with van der Waals surface area (Å²) < 4.78 is 0.858. The number of halogens is 1. The summed E-state index contributed by atoms with van der Waals surface area (Å²) in [5.41, 5.74) is 0.793. The van der Waals surface area contributed by atoms with Crippen molar-refractivity contribution in [3.63, 3.8) is 0 Å². The highest BCUT2D eigenvalue weighted by Crippen LogP contribution is 2.26. The van der Waals surface area contributed by atoms with Crippen LogP contribution in [0, 0.1) is 5.92 Å². The summed E-state index contributed by atoms with van der Waals surface area (Å²) in [6, 6.07) is 1.87. The minimum absolute atomic E-state index is 0.0378. The van der Waals surface area contributed by atoms with E-state index in [1.807, 2.05) is 11.0 Å². The Morgan fingerprint density at radius 2 is 2.35 bits per heavy atom. The van der Waals surface area contributed by atoms with Crippen molar-refractivity contribution in [3.8, 4) is 0 Å². The van der Waals surface area contributed by atoms with Crippen molar-refractivity contribution >= 4 is 21.7 Å². The molecule has 2 atom stereocenters. The number of anilines is 1. The second-order valence-corrected chi connectivity index (χ2v) is 5.49. The fourth-order valence-electron chi connectivity index (χ4n) is 2.12. The molecular formula is C12H17BrN2O2. The maximum absolute atomic E-state index is 9.89. The van der Waals surface area contributed by atoms with Crippen molar-refractivity contribution in [1.82, 2.24) is 4.98 Å². The summed E-state index contributed by atoms with van der Waals surface area (Å²) in [6.07, 6.45) is 2.35. The van der Waals surface area contributed by atoms with Gasteiger partial charge < -0.3 is 15.1 Å². The van der Waals surface area contributed by atoms with Crippen molar-refractivity contribution in [1.29, 1.82) is 0 Å². The molecule has 0 saturated carbocycles. The Morgan fingerprint density at radius 1 is 1.59 bits per heavy atom. The number of aromatic nitrogens is 1. The number of hydrogen-bond donors (Lipinski definition) is 2. The van der Waals surface area contributed by atoms with Gasteiger partial charge in [0, 0.05) is 29.3 Å². The molecule has 0 radical (unpaired) electrons. The van der Waals surface area contributed by atoms with Crippen LogP contribution in [0.2, 0.25) is 0 Å². The smallest absolute Gasteiger partial charge is 0.134 e. The van der Waals surface area contributed by atoms with Crippen LogP contribution in [-0.2, 0) is 6.61 Å². The third-order valence-corrected chi connectivity index (χ3v) is 3.73. The minimum Gasteiger partial charge on any atom is -0.392 e. The molecule has 0 aromatic carbocycles. The first-order valence-electron chi connectivity index (χ1n) is 5.80. The number of rotatable bonds is 2. The Bertz CT molecular complexity index is 400. The van der Waals surface area contributed by atoms with E-state index in [1.54, 1.807) is 6.20 Å². The zero-order valence-electron chi connectivity index (χ0n) is 9.80. The van der Waals surface area contributed by atoms with Gasteiger partial charge in [-0.25, -0.2) is 4.98 Å². The lowest BCUT2D eigenvalue weighted by atomic mass is 9.96. The van der Waals surface area contributed by atoms with Gasteiger partial charge in [0.15, 0.2) is 0 Å². The molecule has 0 spiro atoms. The lowest BCUT2D eigenvalue weighted by Gasteiger charge is -2.35. The topological polar surface area (TPSA) is 56.6 Å². The standard InChI is InChI=1S/C12H17BrN2O2/c1-8-2-3-15(6-11(8)17)12-9(7-16)4-10(13)5-14-12/h4-5,8,11,16-17H,2-3,6-7H2,1H3. The first kappa shape index (κ1) is 12.8. The van der Waals surface area contributed by atoms with Gasteiger partial charge in [0.1, 0.15) is 5.82 Å². The van der Waals surface area contributed by atoms with Crippen LogP contribution in [0.15, 0.2) is 16.7 Å². The number of hydrogen-bond acceptors (Lipinski definition) is 4. The molecular weight excluding hydrogens is 284 g/mol. The molecule has 1 fully saturated rings. The molecule has 4 nitrogen and oxygen atoms in total. The number of pyridine rings is 1. The van der Waals surface area contributed by atoms with E-state index >= 15 is 0 Å². The third-order valence-electron chi connectivity index (χ3n) is 3.30. The van der Waals surface area contributed by atoms with E-state index < -0.39 is 0 Å². The average Bonchev–Trinajstić information content (AvgIpc) is 2.32. The molecule has 1 aromatic rings.